The maximum Gasteiger partial charge on any atom is 0.262 e. The van der Waals surface area contributed by atoms with Gasteiger partial charge >= 0.3 is 0 Å². The molecule has 0 aromatic heterocycles. The second kappa shape index (κ2) is 9.52. The number of benzene rings is 2. The zero-order valence-corrected chi connectivity index (χ0v) is 17.2. The summed E-state index contributed by atoms with van der Waals surface area (Å²) in [6.45, 7) is 2.92. The van der Waals surface area contributed by atoms with Crippen molar-refractivity contribution in [2.75, 3.05) is 37.0 Å². The SMILES string of the molecule is CCCNC(=O)[C@H]1CN(CC(=O)Nc2ccc(OC)c(Cl)c2)c2ccccc2O1. The molecular formula is C21H24ClN3O4. The Morgan fingerprint density at radius 3 is 2.79 bits per heavy atom. The van der Waals surface area contributed by atoms with E-state index in [0.29, 0.717) is 28.8 Å². The van der Waals surface area contributed by atoms with Gasteiger partial charge in [-0.25, -0.2) is 0 Å². The molecule has 0 saturated heterocycles. The van der Waals surface area contributed by atoms with E-state index in [1.54, 1.807) is 24.3 Å². The summed E-state index contributed by atoms with van der Waals surface area (Å²) in [6.07, 6.45) is 0.158. The highest BCUT2D eigenvalue weighted by atomic mass is 35.5. The van der Waals surface area contributed by atoms with Crippen LogP contribution in [0.5, 0.6) is 11.5 Å². The Kier molecular flexibility index (Phi) is 6.82. The number of hydrogen-bond donors (Lipinski definition) is 2. The number of anilines is 2. The average Bonchev–Trinajstić information content (AvgIpc) is 2.72. The summed E-state index contributed by atoms with van der Waals surface area (Å²) in [5, 5.41) is 6.09. The van der Waals surface area contributed by atoms with Crippen molar-refractivity contribution in [2.24, 2.45) is 0 Å². The molecule has 2 N–H and O–H groups in total. The molecule has 1 aliphatic heterocycles. The van der Waals surface area contributed by atoms with E-state index in [4.69, 9.17) is 21.1 Å². The molecule has 0 radical (unpaired) electrons. The number of nitrogens with zero attached hydrogens (tertiary/aromatic N) is 1. The van der Waals surface area contributed by atoms with Crippen LogP contribution in [0.4, 0.5) is 11.4 Å². The number of rotatable bonds is 7. The van der Waals surface area contributed by atoms with Gasteiger partial charge in [0.05, 0.1) is 30.9 Å². The Morgan fingerprint density at radius 1 is 1.28 bits per heavy atom. The molecule has 7 nitrogen and oxygen atoms in total. The molecule has 3 rings (SSSR count). The third-order valence-corrected chi connectivity index (χ3v) is 4.77. The number of carbonyl (C=O) groups excluding carboxylic acids is 2. The molecule has 2 aromatic rings. The molecule has 1 aliphatic rings. The number of methoxy groups -OCH3 is 1. The number of hydrogen-bond acceptors (Lipinski definition) is 5. The van der Waals surface area contributed by atoms with Gasteiger partial charge in [0.25, 0.3) is 5.91 Å². The van der Waals surface area contributed by atoms with Gasteiger partial charge in [-0.1, -0.05) is 30.7 Å². The van der Waals surface area contributed by atoms with E-state index in [2.05, 4.69) is 10.6 Å². The van der Waals surface area contributed by atoms with Crippen molar-refractivity contribution in [3.63, 3.8) is 0 Å². The Labute approximate surface area is 174 Å². The summed E-state index contributed by atoms with van der Waals surface area (Å²) in [7, 11) is 1.53. The summed E-state index contributed by atoms with van der Waals surface area (Å²) >= 11 is 6.12. The first-order valence-corrected chi connectivity index (χ1v) is 9.81. The molecular weight excluding hydrogens is 394 g/mol. The fraction of sp³-hybridized carbons (Fsp3) is 0.333. The zero-order chi connectivity index (χ0) is 20.8. The normalized spacial score (nSPS) is 15.1. The maximum absolute atomic E-state index is 12.6. The van der Waals surface area contributed by atoms with Gasteiger partial charge in [-0.2, -0.15) is 0 Å². The summed E-state index contributed by atoms with van der Waals surface area (Å²) < 4.78 is 11.0. The third-order valence-electron chi connectivity index (χ3n) is 4.47. The molecule has 8 heteroatoms. The van der Waals surface area contributed by atoms with Gasteiger partial charge in [0.1, 0.15) is 11.5 Å². The number of carbonyl (C=O) groups is 2. The highest BCUT2D eigenvalue weighted by Gasteiger charge is 2.31. The van der Waals surface area contributed by atoms with Crippen LogP contribution in [0.3, 0.4) is 0 Å². The van der Waals surface area contributed by atoms with Gasteiger partial charge in [0, 0.05) is 12.2 Å². The van der Waals surface area contributed by atoms with E-state index in [0.717, 1.165) is 12.1 Å². The van der Waals surface area contributed by atoms with E-state index >= 15 is 0 Å². The number of ether oxygens (including phenoxy) is 2. The molecule has 154 valence electrons. The van der Waals surface area contributed by atoms with Crippen LogP contribution in [0.25, 0.3) is 0 Å². The monoisotopic (exact) mass is 417 g/mol. The standard InChI is InChI=1S/C21H24ClN3O4/c1-3-10-23-21(27)19-12-25(16-6-4-5-7-18(16)29-19)13-20(26)24-14-8-9-17(28-2)15(22)11-14/h4-9,11,19H,3,10,12-13H2,1-2H3,(H,23,27)(H,24,26)/t19-/m1/s1. The average molecular weight is 418 g/mol. The first kappa shape index (κ1) is 20.8. The maximum atomic E-state index is 12.6. The molecule has 29 heavy (non-hydrogen) atoms. The molecule has 0 aliphatic carbocycles. The molecule has 2 aromatic carbocycles. The van der Waals surface area contributed by atoms with E-state index in [1.807, 2.05) is 30.0 Å². The van der Waals surface area contributed by atoms with Gasteiger partial charge in [0.15, 0.2) is 6.10 Å². The fourth-order valence-electron chi connectivity index (χ4n) is 3.07. The van der Waals surface area contributed by atoms with Gasteiger partial charge in [-0.15, -0.1) is 0 Å². The van der Waals surface area contributed by atoms with Gasteiger partial charge in [-0.05, 0) is 36.8 Å². The molecule has 1 atom stereocenters. The van der Waals surface area contributed by atoms with Crippen molar-refractivity contribution in [3.8, 4) is 11.5 Å². The van der Waals surface area contributed by atoms with E-state index in [1.165, 1.54) is 7.11 Å². The van der Waals surface area contributed by atoms with Crippen molar-refractivity contribution >= 4 is 34.8 Å². The van der Waals surface area contributed by atoms with Crippen LogP contribution in [0, 0.1) is 0 Å². The van der Waals surface area contributed by atoms with E-state index in [-0.39, 0.29) is 24.9 Å². The molecule has 0 unspecified atom stereocenters. The Bertz CT molecular complexity index is 890. The van der Waals surface area contributed by atoms with Crippen molar-refractivity contribution < 1.29 is 19.1 Å². The van der Waals surface area contributed by atoms with E-state index in [9.17, 15) is 9.59 Å². The lowest BCUT2D eigenvalue weighted by Gasteiger charge is -2.35. The number of nitrogens with one attached hydrogen (secondary N) is 2. The Hall–Kier alpha value is -2.93. The van der Waals surface area contributed by atoms with Gasteiger partial charge < -0.3 is 25.0 Å². The van der Waals surface area contributed by atoms with Gasteiger partial charge in [-0.3, -0.25) is 9.59 Å². The predicted molar refractivity (Wildman–Crippen MR) is 113 cm³/mol. The molecule has 0 fully saturated rings. The minimum absolute atomic E-state index is 0.0710. The van der Waals surface area contributed by atoms with Crippen LogP contribution in [-0.2, 0) is 9.59 Å². The van der Waals surface area contributed by atoms with Crippen molar-refractivity contribution in [3.05, 3.63) is 47.5 Å². The van der Waals surface area contributed by atoms with Crippen molar-refractivity contribution in [1.29, 1.82) is 0 Å². The lowest BCUT2D eigenvalue weighted by molar-refractivity contribution is -0.128. The van der Waals surface area contributed by atoms with Gasteiger partial charge in [0.2, 0.25) is 5.91 Å². The second-order valence-corrected chi connectivity index (χ2v) is 7.05. The topological polar surface area (TPSA) is 79.9 Å². The predicted octanol–water partition coefficient (Wildman–Crippen LogP) is 3.08. The largest absolute Gasteiger partial charge is 0.495 e. The molecule has 1 heterocycles. The summed E-state index contributed by atoms with van der Waals surface area (Å²) in [6, 6.07) is 12.4. The Balaban J connectivity index is 1.71. The summed E-state index contributed by atoms with van der Waals surface area (Å²) in [5.41, 5.74) is 1.34. The van der Waals surface area contributed by atoms with Crippen LogP contribution < -0.4 is 25.0 Å². The lowest BCUT2D eigenvalue weighted by Crippen LogP contribution is -2.50. The zero-order valence-electron chi connectivity index (χ0n) is 16.4. The van der Waals surface area contributed by atoms with Crippen molar-refractivity contribution in [1.82, 2.24) is 5.32 Å². The lowest BCUT2D eigenvalue weighted by atomic mass is 10.1. The molecule has 0 saturated carbocycles. The Morgan fingerprint density at radius 2 is 2.07 bits per heavy atom. The number of halogens is 1. The van der Waals surface area contributed by atoms with E-state index < -0.39 is 6.10 Å². The second-order valence-electron chi connectivity index (χ2n) is 6.64. The van der Waals surface area contributed by atoms with Crippen LogP contribution in [-0.4, -0.2) is 44.7 Å². The minimum atomic E-state index is -0.681. The summed E-state index contributed by atoms with van der Waals surface area (Å²) in [4.78, 5) is 26.9. The number of fused-ring (bicyclic) bond motifs is 1. The van der Waals surface area contributed by atoms with Crippen LogP contribution in [0.1, 0.15) is 13.3 Å². The molecule has 0 spiro atoms. The summed E-state index contributed by atoms with van der Waals surface area (Å²) in [5.74, 6) is 0.702. The van der Waals surface area contributed by atoms with Crippen LogP contribution >= 0.6 is 11.6 Å². The fourth-order valence-corrected chi connectivity index (χ4v) is 3.33. The first-order valence-electron chi connectivity index (χ1n) is 9.43. The molecule has 2 amide bonds. The smallest absolute Gasteiger partial charge is 0.262 e. The highest BCUT2D eigenvalue weighted by molar-refractivity contribution is 6.32. The number of amides is 2. The van der Waals surface area contributed by atoms with Crippen LogP contribution in [0.2, 0.25) is 5.02 Å². The van der Waals surface area contributed by atoms with Crippen molar-refractivity contribution in [2.45, 2.75) is 19.4 Å². The number of para-hydroxylation sites is 2. The highest BCUT2D eigenvalue weighted by Crippen LogP contribution is 2.33. The van der Waals surface area contributed by atoms with Crippen LogP contribution in [0.15, 0.2) is 42.5 Å². The third kappa shape index (κ3) is 5.12. The first-order chi connectivity index (χ1) is 14.0. The quantitative estimate of drug-likeness (QED) is 0.723. The minimum Gasteiger partial charge on any atom is -0.495 e. The molecule has 0 bridgehead atoms.